The van der Waals surface area contributed by atoms with Crippen molar-refractivity contribution in [3.8, 4) is 0 Å². The molecule has 0 aromatic rings. The topological polar surface area (TPSA) is 49.3 Å². The summed E-state index contributed by atoms with van der Waals surface area (Å²) in [5, 5.41) is 12.4. The van der Waals surface area contributed by atoms with Gasteiger partial charge in [0.25, 0.3) is 0 Å². The minimum atomic E-state index is -0.725. The Bertz CT molecular complexity index is 228. The quantitative estimate of drug-likeness (QED) is 0.752. The van der Waals surface area contributed by atoms with Crippen LogP contribution in [-0.2, 0) is 4.79 Å². The molecule has 1 fully saturated rings. The predicted molar refractivity (Wildman–Crippen MR) is 60.7 cm³/mol. The molecule has 3 nitrogen and oxygen atoms in total. The summed E-state index contributed by atoms with van der Waals surface area (Å²) >= 11 is 0. The van der Waals surface area contributed by atoms with Gasteiger partial charge in [-0.2, -0.15) is 0 Å². The van der Waals surface area contributed by atoms with E-state index in [4.69, 9.17) is 5.11 Å². The zero-order chi connectivity index (χ0) is 11.6. The number of rotatable bonds is 4. The molecule has 1 saturated carbocycles. The van der Waals surface area contributed by atoms with E-state index in [-0.39, 0.29) is 5.92 Å². The monoisotopic (exact) mass is 213 g/mol. The number of hydrogen-bond acceptors (Lipinski definition) is 2. The van der Waals surface area contributed by atoms with E-state index in [0.29, 0.717) is 17.9 Å². The highest BCUT2D eigenvalue weighted by Crippen LogP contribution is 2.31. The van der Waals surface area contributed by atoms with Gasteiger partial charge in [0.1, 0.15) is 6.04 Å². The Morgan fingerprint density at radius 2 is 1.93 bits per heavy atom. The van der Waals surface area contributed by atoms with Gasteiger partial charge in [-0.1, -0.05) is 27.7 Å². The molecule has 0 radical (unpaired) electrons. The molecule has 1 rings (SSSR count). The molecule has 15 heavy (non-hydrogen) atoms. The normalized spacial score (nSPS) is 33.3. The van der Waals surface area contributed by atoms with Crippen molar-refractivity contribution in [1.29, 1.82) is 0 Å². The molecule has 1 aliphatic carbocycles. The van der Waals surface area contributed by atoms with Gasteiger partial charge < -0.3 is 10.4 Å². The lowest BCUT2D eigenvalue weighted by Crippen LogP contribution is -2.47. The van der Waals surface area contributed by atoms with Gasteiger partial charge in [0, 0.05) is 6.04 Å². The van der Waals surface area contributed by atoms with Crippen molar-refractivity contribution >= 4 is 5.97 Å². The number of hydrogen-bond donors (Lipinski definition) is 2. The van der Waals surface area contributed by atoms with E-state index in [1.807, 2.05) is 13.8 Å². The summed E-state index contributed by atoms with van der Waals surface area (Å²) in [4.78, 5) is 11.1. The van der Waals surface area contributed by atoms with E-state index in [9.17, 15) is 4.79 Å². The van der Waals surface area contributed by atoms with Crippen LogP contribution in [0.5, 0.6) is 0 Å². The fourth-order valence-corrected chi connectivity index (χ4v) is 2.38. The molecule has 0 aliphatic heterocycles. The summed E-state index contributed by atoms with van der Waals surface area (Å²) in [7, 11) is 0. The van der Waals surface area contributed by atoms with Crippen molar-refractivity contribution in [2.75, 3.05) is 0 Å². The van der Waals surface area contributed by atoms with Crippen LogP contribution in [0.15, 0.2) is 0 Å². The van der Waals surface area contributed by atoms with E-state index < -0.39 is 12.0 Å². The summed E-state index contributed by atoms with van der Waals surface area (Å²) in [6, 6.07) is -0.0220. The van der Waals surface area contributed by atoms with Gasteiger partial charge >= 0.3 is 5.97 Å². The van der Waals surface area contributed by atoms with Crippen LogP contribution >= 0.6 is 0 Å². The van der Waals surface area contributed by atoms with Crippen LogP contribution in [0.1, 0.15) is 40.5 Å². The lowest BCUT2D eigenvalue weighted by Gasteiger charge is -2.26. The maximum atomic E-state index is 11.1. The third kappa shape index (κ3) is 2.94. The van der Waals surface area contributed by atoms with Crippen LogP contribution in [-0.4, -0.2) is 23.2 Å². The smallest absolute Gasteiger partial charge is 0.320 e. The number of carbonyl (C=O) groups is 1. The predicted octanol–water partition coefficient (Wildman–Crippen LogP) is 2.12. The number of aliphatic carboxylic acids is 1. The molecule has 0 spiro atoms. The molecule has 1 aliphatic rings. The van der Waals surface area contributed by atoms with E-state index >= 15 is 0 Å². The SMILES string of the molecule is CC(C)C(NC1CCC(C)C1C)C(=O)O. The minimum Gasteiger partial charge on any atom is -0.480 e. The molecule has 0 saturated heterocycles. The largest absolute Gasteiger partial charge is 0.480 e. The highest BCUT2D eigenvalue weighted by Gasteiger charge is 2.33. The average Bonchev–Trinajstić information content (AvgIpc) is 2.43. The van der Waals surface area contributed by atoms with Crippen molar-refractivity contribution in [1.82, 2.24) is 5.32 Å². The zero-order valence-corrected chi connectivity index (χ0v) is 10.2. The van der Waals surface area contributed by atoms with Crippen LogP contribution in [0, 0.1) is 17.8 Å². The fraction of sp³-hybridized carbons (Fsp3) is 0.917. The second kappa shape index (κ2) is 4.97. The Morgan fingerprint density at radius 3 is 2.27 bits per heavy atom. The molecule has 88 valence electrons. The molecule has 0 aromatic carbocycles. The Labute approximate surface area is 92.3 Å². The second-order valence-corrected chi connectivity index (χ2v) is 5.25. The highest BCUT2D eigenvalue weighted by molar-refractivity contribution is 5.73. The summed E-state index contributed by atoms with van der Waals surface area (Å²) in [5.41, 5.74) is 0. The lowest BCUT2D eigenvalue weighted by molar-refractivity contribution is -0.141. The fourth-order valence-electron chi connectivity index (χ4n) is 2.38. The first-order valence-corrected chi connectivity index (χ1v) is 5.92. The number of carboxylic acids is 1. The first kappa shape index (κ1) is 12.5. The molecule has 3 heteroatoms. The van der Waals surface area contributed by atoms with Crippen LogP contribution in [0.25, 0.3) is 0 Å². The molecule has 4 atom stereocenters. The van der Waals surface area contributed by atoms with Gasteiger partial charge in [-0.25, -0.2) is 0 Å². The van der Waals surface area contributed by atoms with Gasteiger partial charge in [0.2, 0.25) is 0 Å². The summed E-state index contributed by atoms with van der Waals surface area (Å²) in [6.45, 7) is 8.37. The van der Waals surface area contributed by atoms with Crippen molar-refractivity contribution in [2.45, 2.75) is 52.6 Å². The maximum absolute atomic E-state index is 11.1. The Morgan fingerprint density at radius 1 is 1.33 bits per heavy atom. The molecule has 0 heterocycles. The van der Waals surface area contributed by atoms with E-state index in [2.05, 4.69) is 19.2 Å². The molecule has 0 aromatic heterocycles. The zero-order valence-electron chi connectivity index (χ0n) is 10.2. The number of carboxylic acid groups (broad SMARTS) is 1. The molecule has 0 bridgehead atoms. The van der Waals surface area contributed by atoms with E-state index in [0.717, 1.165) is 6.42 Å². The van der Waals surface area contributed by atoms with E-state index in [1.165, 1.54) is 6.42 Å². The Hall–Kier alpha value is -0.570. The van der Waals surface area contributed by atoms with Crippen LogP contribution in [0.2, 0.25) is 0 Å². The molecular formula is C12H23NO2. The van der Waals surface area contributed by atoms with Crippen molar-refractivity contribution < 1.29 is 9.90 Å². The summed E-state index contributed by atoms with van der Waals surface area (Å²) in [6.07, 6.45) is 2.32. The summed E-state index contributed by atoms with van der Waals surface area (Å²) in [5.74, 6) is 0.720. The molecular weight excluding hydrogens is 190 g/mol. The second-order valence-electron chi connectivity index (χ2n) is 5.25. The minimum absolute atomic E-state index is 0.144. The lowest BCUT2D eigenvalue weighted by atomic mass is 9.95. The summed E-state index contributed by atoms with van der Waals surface area (Å²) < 4.78 is 0. The van der Waals surface area contributed by atoms with Gasteiger partial charge in [-0.05, 0) is 30.6 Å². The standard InChI is InChI=1S/C12H23NO2/c1-7(2)11(12(14)15)13-10-6-5-8(3)9(10)4/h7-11,13H,5-6H2,1-4H3,(H,14,15). The number of nitrogens with one attached hydrogen (secondary N) is 1. The van der Waals surface area contributed by atoms with Crippen molar-refractivity contribution in [3.63, 3.8) is 0 Å². The van der Waals surface area contributed by atoms with Crippen LogP contribution in [0.3, 0.4) is 0 Å². The first-order chi connectivity index (χ1) is 6.93. The molecule has 4 unspecified atom stereocenters. The third-order valence-electron chi connectivity index (χ3n) is 3.79. The Kier molecular flexibility index (Phi) is 4.14. The van der Waals surface area contributed by atoms with Crippen LogP contribution < -0.4 is 5.32 Å². The van der Waals surface area contributed by atoms with Crippen molar-refractivity contribution in [3.05, 3.63) is 0 Å². The highest BCUT2D eigenvalue weighted by atomic mass is 16.4. The maximum Gasteiger partial charge on any atom is 0.320 e. The van der Waals surface area contributed by atoms with Crippen LogP contribution in [0.4, 0.5) is 0 Å². The van der Waals surface area contributed by atoms with Gasteiger partial charge in [0.15, 0.2) is 0 Å². The van der Waals surface area contributed by atoms with E-state index in [1.54, 1.807) is 0 Å². The van der Waals surface area contributed by atoms with Gasteiger partial charge in [-0.15, -0.1) is 0 Å². The average molecular weight is 213 g/mol. The van der Waals surface area contributed by atoms with Gasteiger partial charge in [0.05, 0.1) is 0 Å². The van der Waals surface area contributed by atoms with Gasteiger partial charge in [-0.3, -0.25) is 4.79 Å². The third-order valence-corrected chi connectivity index (χ3v) is 3.79. The molecule has 2 N–H and O–H groups in total. The van der Waals surface area contributed by atoms with Crippen molar-refractivity contribution in [2.24, 2.45) is 17.8 Å². The molecule has 0 amide bonds. The Balaban J connectivity index is 2.56. The first-order valence-electron chi connectivity index (χ1n) is 5.92.